The summed E-state index contributed by atoms with van der Waals surface area (Å²) >= 11 is 0. The molecule has 4 rings (SSSR count). The first-order valence-electron chi connectivity index (χ1n) is 11.9. The lowest BCUT2D eigenvalue weighted by Gasteiger charge is -2.57. The quantitative estimate of drug-likeness (QED) is 0.444. The monoisotopic (exact) mass is 476 g/mol. The second-order valence-corrected chi connectivity index (χ2v) is 11.2. The highest BCUT2D eigenvalue weighted by molar-refractivity contribution is 5.98. The van der Waals surface area contributed by atoms with Gasteiger partial charge in [-0.05, 0) is 55.4 Å². The van der Waals surface area contributed by atoms with E-state index in [9.17, 15) is 39.3 Å². The summed E-state index contributed by atoms with van der Waals surface area (Å²) in [7, 11) is 0. The summed E-state index contributed by atoms with van der Waals surface area (Å²) in [5, 5.41) is 40.6. The maximum Gasteiger partial charge on any atom is 0.310 e. The summed E-state index contributed by atoms with van der Waals surface area (Å²) in [6.45, 7) is 3.69. The first-order chi connectivity index (χ1) is 15.8. The van der Waals surface area contributed by atoms with Gasteiger partial charge in [-0.2, -0.15) is 0 Å². The molecule has 9 nitrogen and oxygen atoms in total. The van der Waals surface area contributed by atoms with Crippen LogP contribution in [0.15, 0.2) is 11.6 Å². The van der Waals surface area contributed by atoms with E-state index in [1.165, 1.54) is 0 Å². The molecule has 4 N–H and O–H groups in total. The Morgan fingerprint density at radius 3 is 2.38 bits per heavy atom. The van der Waals surface area contributed by atoms with Gasteiger partial charge < -0.3 is 20.4 Å². The van der Waals surface area contributed by atoms with Crippen molar-refractivity contribution in [2.75, 3.05) is 0 Å². The van der Waals surface area contributed by atoms with Crippen LogP contribution in [-0.4, -0.2) is 61.4 Å². The first-order valence-corrected chi connectivity index (χ1v) is 11.9. The molecule has 0 heterocycles. The van der Waals surface area contributed by atoms with Gasteiger partial charge in [0.2, 0.25) is 0 Å². The number of carboxylic acid groups (broad SMARTS) is 2. The van der Waals surface area contributed by atoms with Crippen molar-refractivity contribution in [3.05, 3.63) is 11.6 Å². The fraction of sp³-hybridized carbons (Fsp3) is 0.720. The van der Waals surface area contributed by atoms with Crippen LogP contribution in [0.5, 0.6) is 0 Å². The minimum Gasteiger partial charge on any atom is -0.481 e. The van der Waals surface area contributed by atoms with Crippen LogP contribution < -0.4 is 0 Å². The Bertz CT molecular complexity index is 998. The minimum absolute atomic E-state index is 0.0299. The van der Waals surface area contributed by atoms with Gasteiger partial charge in [-0.15, -0.1) is 0 Å². The summed E-state index contributed by atoms with van der Waals surface area (Å²) in [6, 6.07) is 0. The molecule has 9 heteroatoms. The van der Waals surface area contributed by atoms with E-state index >= 15 is 0 Å². The molecule has 0 bridgehead atoms. The Morgan fingerprint density at radius 2 is 1.76 bits per heavy atom. The number of hydrogen-bond donors (Lipinski definition) is 4. The van der Waals surface area contributed by atoms with E-state index in [1.54, 1.807) is 13.0 Å². The highest BCUT2D eigenvalue weighted by Gasteiger charge is 2.69. The summed E-state index contributed by atoms with van der Waals surface area (Å²) in [4.78, 5) is 61.6. The summed E-state index contributed by atoms with van der Waals surface area (Å²) < 4.78 is 0. The van der Waals surface area contributed by atoms with Crippen LogP contribution in [0.1, 0.15) is 65.2 Å². The van der Waals surface area contributed by atoms with Gasteiger partial charge in [-0.3, -0.25) is 24.0 Å². The number of aliphatic carboxylic acids is 2. The van der Waals surface area contributed by atoms with E-state index in [2.05, 4.69) is 0 Å². The van der Waals surface area contributed by atoms with Gasteiger partial charge in [0.25, 0.3) is 0 Å². The van der Waals surface area contributed by atoms with Crippen molar-refractivity contribution in [1.82, 2.24) is 0 Å². The van der Waals surface area contributed by atoms with Crippen molar-refractivity contribution < 1.29 is 44.4 Å². The van der Waals surface area contributed by atoms with Crippen LogP contribution in [-0.2, 0) is 24.0 Å². The zero-order valence-corrected chi connectivity index (χ0v) is 19.5. The Labute approximate surface area is 197 Å². The van der Waals surface area contributed by atoms with Crippen LogP contribution in [0, 0.1) is 34.5 Å². The Morgan fingerprint density at radius 1 is 1.09 bits per heavy atom. The summed E-state index contributed by atoms with van der Waals surface area (Å²) in [5.74, 6) is -6.78. The summed E-state index contributed by atoms with van der Waals surface area (Å²) in [6.07, 6.45) is 1.11. The zero-order chi connectivity index (χ0) is 25.2. The SMILES string of the molecule is C[C@]12CCC(=O)C=C1CC[C@@H]1[C@@H]2C(=O)C[C@@]2(C)[C@H]1CC[C@]2(O)C(=O)C(O)C(CC(=O)O)C(=O)O. The molecule has 0 aromatic heterocycles. The van der Waals surface area contributed by atoms with Gasteiger partial charge in [-0.1, -0.05) is 19.4 Å². The average molecular weight is 477 g/mol. The van der Waals surface area contributed by atoms with Crippen LogP contribution in [0.4, 0.5) is 0 Å². The molecule has 2 unspecified atom stereocenters. The normalized spacial score (nSPS) is 40.9. The number of carbonyl (C=O) groups is 5. The fourth-order valence-electron chi connectivity index (χ4n) is 7.74. The Hall–Kier alpha value is -2.39. The van der Waals surface area contributed by atoms with E-state index in [1.807, 2.05) is 6.92 Å². The third-order valence-electron chi connectivity index (χ3n) is 9.58. The molecule has 8 atom stereocenters. The molecular formula is C25H32O9. The van der Waals surface area contributed by atoms with Gasteiger partial charge >= 0.3 is 11.9 Å². The fourth-order valence-corrected chi connectivity index (χ4v) is 7.74. The molecule has 0 amide bonds. The van der Waals surface area contributed by atoms with Crippen molar-refractivity contribution in [2.45, 2.75) is 76.9 Å². The molecular weight excluding hydrogens is 444 g/mol. The maximum absolute atomic E-state index is 13.6. The molecule has 4 aliphatic carbocycles. The molecule has 0 aliphatic heterocycles. The molecule has 186 valence electrons. The van der Waals surface area contributed by atoms with Crippen molar-refractivity contribution in [3.8, 4) is 0 Å². The van der Waals surface area contributed by atoms with Gasteiger partial charge in [0, 0.05) is 24.2 Å². The van der Waals surface area contributed by atoms with Gasteiger partial charge in [0.15, 0.2) is 11.6 Å². The zero-order valence-electron chi connectivity index (χ0n) is 19.5. The number of aliphatic hydroxyl groups is 2. The molecule has 3 saturated carbocycles. The third kappa shape index (κ3) is 3.39. The highest BCUT2D eigenvalue weighted by Crippen LogP contribution is 2.66. The number of carbonyl (C=O) groups excluding carboxylic acids is 3. The molecule has 0 spiro atoms. The molecule has 0 aromatic carbocycles. The predicted octanol–water partition coefficient (Wildman–Crippen LogP) is 1.53. The van der Waals surface area contributed by atoms with Crippen LogP contribution in [0.25, 0.3) is 0 Å². The number of aliphatic hydroxyl groups excluding tert-OH is 1. The lowest BCUT2D eigenvalue weighted by Crippen LogP contribution is -2.62. The van der Waals surface area contributed by atoms with Crippen molar-refractivity contribution in [2.24, 2.45) is 34.5 Å². The van der Waals surface area contributed by atoms with E-state index in [4.69, 9.17) is 5.11 Å². The maximum atomic E-state index is 13.6. The smallest absolute Gasteiger partial charge is 0.310 e. The number of carboxylic acids is 2. The molecule has 0 saturated heterocycles. The lowest BCUT2D eigenvalue weighted by atomic mass is 9.45. The van der Waals surface area contributed by atoms with Crippen molar-refractivity contribution >= 4 is 29.3 Å². The van der Waals surface area contributed by atoms with Crippen molar-refractivity contribution in [3.63, 3.8) is 0 Å². The molecule has 34 heavy (non-hydrogen) atoms. The Balaban J connectivity index is 1.67. The standard InChI is InChI=1S/C25H32O9/c1-23-7-5-13(26)9-12(23)3-4-14-16-6-8-25(34,24(16,2)11-17(27)19(14)23)21(31)20(30)15(22(32)33)10-18(28)29/h9,14-16,19-20,30,34H,3-8,10-11H2,1-2H3,(H,28,29)(H,32,33)/t14-,15?,16-,19+,20?,23-,24-,25-/m0/s1. The lowest BCUT2D eigenvalue weighted by molar-refractivity contribution is -0.178. The van der Waals surface area contributed by atoms with Gasteiger partial charge in [0.05, 0.1) is 6.42 Å². The first kappa shape index (κ1) is 24.7. The van der Waals surface area contributed by atoms with Gasteiger partial charge in [-0.25, -0.2) is 0 Å². The highest BCUT2D eigenvalue weighted by atomic mass is 16.4. The predicted molar refractivity (Wildman–Crippen MR) is 116 cm³/mol. The second-order valence-electron chi connectivity index (χ2n) is 11.2. The number of allylic oxidation sites excluding steroid dienone is 1. The molecule has 0 radical (unpaired) electrons. The largest absolute Gasteiger partial charge is 0.481 e. The van der Waals surface area contributed by atoms with E-state index in [0.717, 1.165) is 5.57 Å². The number of Topliss-reactive ketones (excluding diaryl/α,β-unsaturated/α-hetero) is 2. The topological polar surface area (TPSA) is 166 Å². The number of ketones is 3. The van der Waals surface area contributed by atoms with Crippen LogP contribution in [0.3, 0.4) is 0 Å². The molecule has 3 fully saturated rings. The average Bonchev–Trinajstić information content (AvgIpc) is 3.02. The minimum atomic E-state index is -2.20. The van der Waals surface area contributed by atoms with Crippen LogP contribution in [0.2, 0.25) is 0 Å². The second kappa shape index (κ2) is 8.09. The third-order valence-corrected chi connectivity index (χ3v) is 9.58. The van der Waals surface area contributed by atoms with Gasteiger partial charge in [0.1, 0.15) is 23.4 Å². The van der Waals surface area contributed by atoms with Crippen molar-refractivity contribution in [1.29, 1.82) is 0 Å². The molecule has 0 aromatic rings. The van der Waals surface area contributed by atoms with E-state index < -0.39 is 52.6 Å². The number of hydrogen-bond acceptors (Lipinski definition) is 7. The number of rotatable bonds is 6. The summed E-state index contributed by atoms with van der Waals surface area (Å²) in [5.41, 5.74) is -2.77. The molecule has 4 aliphatic rings. The number of fused-ring (bicyclic) bond motifs is 5. The van der Waals surface area contributed by atoms with E-state index in [-0.39, 0.29) is 42.2 Å². The van der Waals surface area contributed by atoms with Crippen LogP contribution >= 0.6 is 0 Å². The van der Waals surface area contributed by atoms with E-state index in [0.29, 0.717) is 32.1 Å². The Kier molecular flexibility index (Phi) is 5.88.